The van der Waals surface area contributed by atoms with Crippen molar-refractivity contribution in [3.63, 3.8) is 0 Å². The lowest BCUT2D eigenvalue weighted by Crippen LogP contribution is -2.24. The molecule has 0 unspecified atom stereocenters. The number of halogens is 1. The van der Waals surface area contributed by atoms with E-state index in [-0.39, 0.29) is 17.8 Å². The molecule has 25 heavy (non-hydrogen) atoms. The van der Waals surface area contributed by atoms with E-state index < -0.39 is 0 Å². The van der Waals surface area contributed by atoms with Crippen molar-refractivity contribution in [2.45, 2.75) is 13.0 Å². The van der Waals surface area contributed by atoms with Gasteiger partial charge in [0.2, 0.25) is 5.91 Å². The Labute approximate surface area is 149 Å². The Bertz CT molecular complexity index is 890. The fraction of sp³-hybridized carbons (Fsp3) is 0.100. The quantitative estimate of drug-likeness (QED) is 0.668. The van der Waals surface area contributed by atoms with E-state index in [0.717, 1.165) is 16.1 Å². The fourth-order valence-corrected chi connectivity index (χ4v) is 3.06. The van der Waals surface area contributed by atoms with Gasteiger partial charge in [0.15, 0.2) is 0 Å². The maximum absolute atomic E-state index is 13.6. The summed E-state index contributed by atoms with van der Waals surface area (Å²) in [4.78, 5) is 16.4. The first-order valence-electron chi connectivity index (χ1n) is 7.86. The molecule has 0 bridgehead atoms. The van der Waals surface area contributed by atoms with Gasteiger partial charge in [-0.15, -0.1) is 11.3 Å². The summed E-state index contributed by atoms with van der Waals surface area (Å²) in [5.74, 6) is -0.619. The number of rotatable bonds is 5. The van der Waals surface area contributed by atoms with Crippen LogP contribution in [0.4, 0.5) is 4.39 Å². The van der Waals surface area contributed by atoms with Gasteiger partial charge in [-0.3, -0.25) is 4.79 Å². The second-order valence-electron chi connectivity index (χ2n) is 5.55. The summed E-state index contributed by atoms with van der Waals surface area (Å²) in [6, 6.07) is 14.1. The molecule has 1 N–H and O–H groups in total. The van der Waals surface area contributed by atoms with Crippen molar-refractivity contribution in [3.05, 3.63) is 83.1 Å². The molecule has 0 saturated carbocycles. The lowest BCUT2D eigenvalue weighted by molar-refractivity contribution is -0.117. The van der Waals surface area contributed by atoms with E-state index in [2.05, 4.69) is 10.3 Å². The van der Waals surface area contributed by atoms with Gasteiger partial charge in [0.05, 0.1) is 6.04 Å². The Balaban J connectivity index is 1.68. The summed E-state index contributed by atoms with van der Waals surface area (Å²) < 4.78 is 13.6. The first-order valence-corrected chi connectivity index (χ1v) is 8.74. The first kappa shape index (κ1) is 17.0. The number of amides is 1. The van der Waals surface area contributed by atoms with Gasteiger partial charge in [0.25, 0.3) is 0 Å². The molecule has 1 amide bonds. The number of carbonyl (C=O) groups is 1. The van der Waals surface area contributed by atoms with Gasteiger partial charge in [0, 0.05) is 28.8 Å². The van der Waals surface area contributed by atoms with Crippen LogP contribution in [-0.4, -0.2) is 10.9 Å². The number of nitrogens with one attached hydrogen (secondary N) is 1. The molecule has 126 valence electrons. The maximum atomic E-state index is 13.6. The third-order valence-electron chi connectivity index (χ3n) is 3.74. The summed E-state index contributed by atoms with van der Waals surface area (Å²) in [5.41, 5.74) is 2.40. The summed E-state index contributed by atoms with van der Waals surface area (Å²) in [6.45, 7) is 1.91. The number of thiazole rings is 1. The van der Waals surface area contributed by atoms with Crippen LogP contribution < -0.4 is 5.32 Å². The minimum absolute atomic E-state index is 0.169. The zero-order chi connectivity index (χ0) is 17.6. The van der Waals surface area contributed by atoms with Crippen molar-refractivity contribution < 1.29 is 9.18 Å². The second kappa shape index (κ2) is 7.85. The smallest absolute Gasteiger partial charge is 0.244 e. The topological polar surface area (TPSA) is 42.0 Å². The zero-order valence-corrected chi connectivity index (χ0v) is 14.5. The lowest BCUT2D eigenvalue weighted by Gasteiger charge is -2.13. The van der Waals surface area contributed by atoms with E-state index in [1.54, 1.807) is 35.7 Å². The van der Waals surface area contributed by atoms with Gasteiger partial charge >= 0.3 is 0 Å². The molecule has 5 heteroatoms. The van der Waals surface area contributed by atoms with E-state index in [0.29, 0.717) is 5.56 Å². The third-order valence-corrected chi connectivity index (χ3v) is 4.57. The van der Waals surface area contributed by atoms with Crippen LogP contribution in [0.3, 0.4) is 0 Å². The minimum Gasteiger partial charge on any atom is -0.346 e. The van der Waals surface area contributed by atoms with Gasteiger partial charge in [-0.05, 0) is 30.7 Å². The molecule has 1 aromatic heterocycles. The summed E-state index contributed by atoms with van der Waals surface area (Å²) in [5, 5.41) is 5.77. The Morgan fingerprint density at radius 3 is 2.84 bits per heavy atom. The van der Waals surface area contributed by atoms with Crippen molar-refractivity contribution in [2.75, 3.05) is 0 Å². The zero-order valence-electron chi connectivity index (χ0n) is 13.6. The van der Waals surface area contributed by atoms with Crippen molar-refractivity contribution in [2.24, 2.45) is 0 Å². The molecular formula is C20H17FN2OS. The monoisotopic (exact) mass is 352 g/mol. The average molecular weight is 352 g/mol. The van der Waals surface area contributed by atoms with Gasteiger partial charge in [0.1, 0.15) is 10.8 Å². The molecule has 0 spiro atoms. The standard InChI is InChI=1S/C20H17FN2OS/c1-14(16-6-4-7-17(13-16)20-22-11-12-25-20)23-19(24)10-9-15-5-2-3-8-18(15)21/h2-14H,1H3,(H,23,24)/t14-/m0/s1. The molecular weight excluding hydrogens is 335 g/mol. The highest BCUT2D eigenvalue weighted by Gasteiger charge is 2.10. The van der Waals surface area contributed by atoms with Crippen LogP contribution in [0.15, 0.2) is 66.2 Å². The van der Waals surface area contributed by atoms with Crippen LogP contribution in [0.25, 0.3) is 16.6 Å². The number of hydrogen-bond acceptors (Lipinski definition) is 3. The summed E-state index contributed by atoms with van der Waals surface area (Å²) in [6.07, 6.45) is 4.59. The van der Waals surface area contributed by atoms with E-state index >= 15 is 0 Å². The predicted molar refractivity (Wildman–Crippen MR) is 99.5 cm³/mol. The largest absolute Gasteiger partial charge is 0.346 e. The Hall–Kier alpha value is -2.79. The molecule has 0 aliphatic carbocycles. The Morgan fingerprint density at radius 2 is 2.08 bits per heavy atom. The molecule has 3 nitrogen and oxygen atoms in total. The van der Waals surface area contributed by atoms with E-state index in [1.807, 2.05) is 36.6 Å². The van der Waals surface area contributed by atoms with Crippen LogP contribution in [0.1, 0.15) is 24.1 Å². The van der Waals surface area contributed by atoms with Crippen molar-refractivity contribution in [3.8, 4) is 10.6 Å². The highest BCUT2D eigenvalue weighted by atomic mass is 32.1. The SMILES string of the molecule is C[C@H](NC(=O)C=Cc1ccccc1F)c1cccc(-c2nccs2)c1. The van der Waals surface area contributed by atoms with Crippen LogP contribution in [0, 0.1) is 5.82 Å². The molecule has 3 aromatic rings. The molecule has 2 aromatic carbocycles. The third kappa shape index (κ3) is 4.39. The number of nitrogens with zero attached hydrogens (tertiary/aromatic N) is 1. The Kier molecular flexibility index (Phi) is 5.36. The van der Waals surface area contributed by atoms with Crippen molar-refractivity contribution in [1.29, 1.82) is 0 Å². The normalized spacial score (nSPS) is 12.2. The minimum atomic E-state index is -0.351. The highest BCUT2D eigenvalue weighted by molar-refractivity contribution is 7.13. The number of aromatic nitrogens is 1. The first-order chi connectivity index (χ1) is 12.1. The molecule has 0 aliphatic heterocycles. The van der Waals surface area contributed by atoms with Crippen LogP contribution in [0.5, 0.6) is 0 Å². The highest BCUT2D eigenvalue weighted by Crippen LogP contribution is 2.24. The van der Waals surface area contributed by atoms with Gasteiger partial charge in [-0.25, -0.2) is 9.37 Å². The number of hydrogen-bond donors (Lipinski definition) is 1. The van der Waals surface area contributed by atoms with E-state index in [9.17, 15) is 9.18 Å². The molecule has 0 saturated heterocycles. The molecule has 3 rings (SSSR count). The molecule has 0 fully saturated rings. The van der Waals surface area contributed by atoms with Crippen molar-refractivity contribution >= 4 is 23.3 Å². The summed E-state index contributed by atoms with van der Waals surface area (Å²) in [7, 11) is 0. The molecule has 1 atom stereocenters. The van der Waals surface area contributed by atoms with E-state index in [1.165, 1.54) is 18.2 Å². The van der Waals surface area contributed by atoms with Crippen LogP contribution >= 0.6 is 11.3 Å². The van der Waals surface area contributed by atoms with Crippen LogP contribution in [-0.2, 0) is 4.79 Å². The van der Waals surface area contributed by atoms with Gasteiger partial charge in [-0.2, -0.15) is 0 Å². The molecule has 1 heterocycles. The van der Waals surface area contributed by atoms with Gasteiger partial charge < -0.3 is 5.32 Å². The fourth-order valence-electron chi connectivity index (χ4n) is 2.43. The molecule has 0 radical (unpaired) electrons. The number of benzene rings is 2. The van der Waals surface area contributed by atoms with Gasteiger partial charge in [-0.1, -0.05) is 36.4 Å². The lowest BCUT2D eigenvalue weighted by atomic mass is 10.1. The molecule has 0 aliphatic rings. The van der Waals surface area contributed by atoms with Crippen LogP contribution in [0.2, 0.25) is 0 Å². The van der Waals surface area contributed by atoms with E-state index in [4.69, 9.17) is 0 Å². The van der Waals surface area contributed by atoms with Crippen molar-refractivity contribution in [1.82, 2.24) is 10.3 Å². The second-order valence-corrected chi connectivity index (χ2v) is 6.44. The number of carbonyl (C=O) groups excluding carboxylic acids is 1. The average Bonchev–Trinajstić information content (AvgIpc) is 3.16. The predicted octanol–water partition coefficient (Wildman–Crippen LogP) is 4.84. The summed E-state index contributed by atoms with van der Waals surface area (Å²) >= 11 is 1.57. The maximum Gasteiger partial charge on any atom is 0.244 e. The Morgan fingerprint density at radius 1 is 1.24 bits per heavy atom.